The lowest BCUT2D eigenvalue weighted by Crippen LogP contribution is -2.04. The number of hydrogen-bond acceptors (Lipinski definition) is 5. The van der Waals surface area contributed by atoms with Gasteiger partial charge in [0.25, 0.3) is 0 Å². The Bertz CT molecular complexity index is 1010. The molecule has 1 heterocycles. The lowest BCUT2D eigenvalue weighted by molar-refractivity contribution is 0.595. The van der Waals surface area contributed by atoms with Crippen molar-refractivity contribution in [2.24, 2.45) is 0 Å². The summed E-state index contributed by atoms with van der Waals surface area (Å²) in [6.07, 6.45) is 0. The van der Waals surface area contributed by atoms with Crippen LogP contribution in [0.2, 0.25) is 5.02 Å². The molecule has 0 spiro atoms. The van der Waals surface area contributed by atoms with E-state index in [0.29, 0.717) is 20.5 Å². The van der Waals surface area contributed by atoms with Gasteiger partial charge in [0.05, 0.1) is 4.90 Å². The van der Waals surface area contributed by atoms with Gasteiger partial charge in [0.1, 0.15) is 20.6 Å². The Hall–Kier alpha value is -1.41. The molecule has 3 nitrogen and oxygen atoms in total. The van der Waals surface area contributed by atoms with Gasteiger partial charge in [-0.25, -0.2) is 12.8 Å². The highest BCUT2D eigenvalue weighted by atomic mass is 35.5. The van der Waals surface area contributed by atoms with Gasteiger partial charge in [-0.2, -0.15) is 4.37 Å². The molecular formula is C18H15ClFNO2S3. The molecule has 3 aromatic rings. The molecule has 0 saturated heterocycles. The molecule has 0 saturated carbocycles. The summed E-state index contributed by atoms with van der Waals surface area (Å²) in [5.74, 6) is -0.386. The van der Waals surface area contributed by atoms with E-state index in [1.54, 1.807) is 12.1 Å². The van der Waals surface area contributed by atoms with Crippen LogP contribution in [-0.4, -0.2) is 18.0 Å². The molecule has 2 aromatic carbocycles. The SMILES string of the molecule is CC(C)Sc1snc(-c2ccc(F)cc2)c1S(=O)(=O)c1ccc(Cl)cc1. The third-order valence-corrected chi connectivity index (χ3v) is 7.86. The van der Waals surface area contributed by atoms with Crippen molar-refractivity contribution in [1.82, 2.24) is 4.37 Å². The van der Waals surface area contributed by atoms with Crippen LogP contribution in [-0.2, 0) is 9.84 Å². The smallest absolute Gasteiger partial charge is 0.210 e. The monoisotopic (exact) mass is 427 g/mol. The highest BCUT2D eigenvalue weighted by Gasteiger charge is 2.29. The van der Waals surface area contributed by atoms with Crippen LogP contribution in [0, 0.1) is 5.82 Å². The molecule has 0 amide bonds. The van der Waals surface area contributed by atoms with Crippen LogP contribution in [0.4, 0.5) is 4.39 Å². The van der Waals surface area contributed by atoms with Crippen molar-refractivity contribution in [3.63, 3.8) is 0 Å². The highest BCUT2D eigenvalue weighted by Crippen LogP contribution is 2.42. The summed E-state index contributed by atoms with van der Waals surface area (Å²) in [6, 6.07) is 11.7. The van der Waals surface area contributed by atoms with Crippen LogP contribution >= 0.6 is 34.9 Å². The van der Waals surface area contributed by atoms with Crippen molar-refractivity contribution in [1.29, 1.82) is 0 Å². The first kappa shape index (κ1) is 19.4. The molecule has 0 aliphatic carbocycles. The lowest BCUT2D eigenvalue weighted by atomic mass is 10.1. The van der Waals surface area contributed by atoms with Gasteiger partial charge in [0, 0.05) is 15.8 Å². The van der Waals surface area contributed by atoms with Crippen molar-refractivity contribution in [2.45, 2.75) is 33.1 Å². The first-order valence-electron chi connectivity index (χ1n) is 7.72. The van der Waals surface area contributed by atoms with Gasteiger partial charge in [-0.15, -0.1) is 11.8 Å². The molecule has 136 valence electrons. The van der Waals surface area contributed by atoms with Crippen molar-refractivity contribution in [2.75, 3.05) is 0 Å². The maximum atomic E-state index is 13.3. The second-order valence-corrected chi connectivity index (χ2v) is 10.7. The van der Waals surface area contributed by atoms with Crippen molar-refractivity contribution in [3.05, 3.63) is 59.4 Å². The zero-order valence-corrected chi connectivity index (χ0v) is 17.1. The maximum absolute atomic E-state index is 13.3. The van der Waals surface area contributed by atoms with Crippen LogP contribution < -0.4 is 0 Å². The molecule has 1 aromatic heterocycles. The van der Waals surface area contributed by atoms with Crippen molar-refractivity contribution < 1.29 is 12.8 Å². The Balaban J connectivity index is 2.21. The van der Waals surface area contributed by atoms with Gasteiger partial charge in [-0.05, 0) is 60.1 Å². The summed E-state index contributed by atoms with van der Waals surface area (Å²) in [5, 5.41) is 0.651. The topological polar surface area (TPSA) is 47.0 Å². The molecule has 0 bridgehead atoms. The van der Waals surface area contributed by atoms with E-state index in [1.165, 1.54) is 48.2 Å². The predicted octanol–water partition coefficient (Wildman–Crippen LogP) is 5.94. The number of sulfone groups is 1. The van der Waals surface area contributed by atoms with Gasteiger partial charge in [-0.3, -0.25) is 0 Å². The number of halogens is 2. The molecular weight excluding hydrogens is 413 g/mol. The van der Waals surface area contributed by atoms with Crippen molar-refractivity contribution >= 4 is 44.7 Å². The van der Waals surface area contributed by atoms with E-state index in [1.807, 2.05) is 13.8 Å². The number of hydrogen-bond donors (Lipinski definition) is 0. The Kier molecular flexibility index (Phi) is 5.72. The van der Waals surface area contributed by atoms with Crippen LogP contribution in [0.15, 0.2) is 62.5 Å². The summed E-state index contributed by atoms with van der Waals surface area (Å²) in [6.45, 7) is 3.97. The lowest BCUT2D eigenvalue weighted by Gasteiger charge is -2.09. The minimum atomic E-state index is -3.80. The number of aromatic nitrogens is 1. The normalized spacial score (nSPS) is 11.9. The first-order chi connectivity index (χ1) is 12.3. The fourth-order valence-corrected chi connectivity index (χ4v) is 6.83. The van der Waals surface area contributed by atoms with E-state index in [9.17, 15) is 12.8 Å². The zero-order chi connectivity index (χ0) is 18.9. The highest BCUT2D eigenvalue weighted by molar-refractivity contribution is 8.02. The van der Waals surface area contributed by atoms with Gasteiger partial charge >= 0.3 is 0 Å². The predicted molar refractivity (Wildman–Crippen MR) is 105 cm³/mol. The third-order valence-electron chi connectivity index (χ3n) is 3.47. The van der Waals surface area contributed by atoms with E-state index in [2.05, 4.69) is 4.37 Å². The van der Waals surface area contributed by atoms with Gasteiger partial charge in [-0.1, -0.05) is 25.4 Å². The van der Waals surface area contributed by atoms with Gasteiger partial charge in [0.15, 0.2) is 0 Å². The van der Waals surface area contributed by atoms with E-state index >= 15 is 0 Å². The summed E-state index contributed by atoms with van der Waals surface area (Å²) < 4.78 is 44.9. The van der Waals surface area contributed by atoms with Gasteiger partial charge < -0.3 is 0 Å². The Morgan fingerprint density at radius 3 is 2.27 bits per heavy atom. The molecule has 26 heavy (non-hydrogen) atoms. The number of nitrogens with zero attached hydrogens (tertiary/aromatic N) is 1. The molecule has 0 fully saturated rings. The minimum Gasteiger partial charge on any atom is -0.218 e. The van der Waals surface area contributed by atoms with E-state index in [0.717, 1.165) is 11.5 Å². The summed E-state index contributed by atoms with van der Waals surface area (Å²) in [5.41, 5.74) is 0.902. The standard InChI is InChI=1S/C18H15ClFNO2S3/c1-11(2)24-18-17(26(22,23)15-9-5-13(19)6-10-15)16(21-25-18)12-3-7-14(20)8-4-12/h3-11H,1-2H3. The summed E-state index contributed by atoms with van der Waals surface area (Å²) >= 11 is 8.47. The molecule has 0 radical (unpaired) electrons. The quantitative estimate of drug-likeness (QED) is 0.473. The zero-order valence-electron chi connectivity index (χ0n) is 13.9. The Morgan fingerprint density at radius 2 is 1.69 bits per heavy atom. The molecule has 0 atom stereocenters. The molecule has 0 aliphatic rings. The van der Waals surface area contributed by atoms with E-state index < -0.39 is 9.84 Å². The molecule has 8 heteroatoms. The summed E-state index contributed by atoms with van der Waals surface area (Å²) in [7, 11) is -3.80. The maximum Gasteiger partial charge on any atom is 0.210 e. The number of rotatable bonds is 5. The number of benzene rings is 2. The fraction of sp³-hybridized carbons (Fsp3) is 0.167. The second-order valence-electron chi connectivity index (χ2n) is 5.78. The van der Waals surface area contributed by atoms with E-state index in [4.69, 9.17) is 11.6 Å². The minimum absolute atomic E-state index is 0.149. The average molecular weight is 428 g/mol. The van der Waals surface area contributed by atoms with Crippen LogP contribution in [0.25, 0.3) is 11.3 Å². The van der Waals surface area contributed by atoms with Gasteiger partial charge in [0.2, 0.25) is 9.84 Å². The molecule has 0 aliphatic heterocycles. The van der Waals surface area contributed by atoms with Crippen LogP contribution in [0.3, 0.4) is 0 Å². The van der Waals surface area contributed by atoms with Crippen molar-refractivity contribution in [3.8, 4) is 11.3 Å². The molecule has 0 N–H and O–H groups in total. The Morgan fingerprint density at radius 1 is 1.08 bits per heavy atom. The fourth-order valence-electron chi connectivity index (χ4n) is 2.32. The van der Waals surface area contributed by atoms with E-state index in [-0.39, 0.29) is 20.9 Å². The number of thioether (sulfide) groups is 1. The Labute approximate surface area is 165 Å². The second kappa shape index (κ2) is 7.68. The largest absolute Gasteiger partial charge is 0.218 e. The first-order valence-corrected chi connectivity index (χ1v) is 11.2. The molecule has 3 rings (SSSR count). The summed E-state index contributed by atoms with van der Waals surface area (Å²) in [4.78, 5) is 0.311. The van der Waals surface area contributed by atoms with Crippen LogP contribution in [0.5, 0.6) is 0 Å². The van der Waals surface area contributed by atoms with Crippen LogP contribution in [0.1, 0.15) is 13.8 Å². The average Bonchev–Trinajstić information content (AvgIpc) is 2.99. The third kappa shape index (κ3) is 3.96. The molecule has 0 unspecified atom stereocenters.